The molecule has 1 heterocycles. The number of rotatable bonds is 1. The quantitative estimate of drug-likeness (QED) is 0.638. The van der Waals surface area contributed by atoms with E-state index in [1.54, 1.807) is 0 Å². The van der Waals surface area contributed by atoms with Crippen molar-refractivity contribution in [2.45, 2.75) is 45.7 Å². The van der Waals surface area contributed by atoms with Gasteiger partial charge < -0.3 is 4.81 Å². The molecule has 1 nitrogen and oxygen atoms in total. The van der Waals surface area contributed by atoms with Crippen molar-refractivity contribution >= 4 is 28.1 Å². The first kappa shape index (κ1) is 11.2. The number of hydrogen-bond acceptors (Lipinski definition) is 1. The molecule has 13 heavy (non-hydrogen) atoms. The SMILES string of the molecule is CB(Br)[C@H]1C=CN(C(C)(C)C)B1C. The average Bonchev–Trinajstić information content (AvgIpc) is 2.28. The highest BCUT2D eigenvalue weighted by Crippen LogP contribution is 2.32. The van der Waals surface area contributed by atoms with Crippen LogP contribution in [0.5, 0.6) is 0 Å². The van der Waals surface area contributed by atoms with Crippen LogP contribution >= 0.6 is 15.8 Å². The van der Waals surface area contributed by atoms with Crippen molar-refractivity contribution in [3.63, 3.8) is 0 Å². The fraction of sp³-hybridized carbons (Fsp3) is 0.778. The zero-order valence-corrected chi connectivity index (χ0v) is 10.8. The third kappa shape index (κ3) is 2.34. The highest BCUT2D eigenvalue weighted by Gasteiger charge is 2.37. The molecule has 1 rings (SSSR count). The molecule has 0 aromatic carbocycles. The van der Waals surface area contributed by atoms with E-state index in [0.717, 1.165) is 0 Å². The Bertz CT molecular complexity index is 210. The number of halogens is 1. The van der Waals surface area contributed by atoms with Crippen LogP contribution in [0.15, 0.2) is 12.3 Å². The maximum Gasteiger partial charge on any atom is 0.251 e. The van der Waals surface area contributed by atoms with Gasteiger partial charge in [-0.1, -0.05) is 19.7 Å². The summed E-state index contributed by atoms with van der Waals surface area (Å²) in [5, 5.41) is 0. The highest BCUT2D eigenvalue weighted by atomic mass is 79.9. The van der Waals surface area contributed by atoms with E-state index in [9.17, 15) is 0 Å². The van der Waals surface area contributed by atoms with E-state index < -0.39 is 0 Å². The average molecular weight is 242 g/mol. The van der Waals surface area contributed by atoms with Gasteiger partial charge in [-0.3, -0.25) is 0 Å². The molecule has 0 unspecified atom stereocenters. The van der Waals surface area contributed by atoms with Crippen molar-refractivity contribution in [1.29, 1.82) is 0 Å². The van der Waals surface area contributed by atoms with Crippen molar-refractivity contribution < 1.29 is 0 Å². The molecule has 0 aliphatic carbocycles. The van der Waals surface area contributed by atoms with E-state index in [4.69, 9.17) is 0 Å². The van der Waals surface area contributed by atoms with Crippen LogP contribution in [0.2, 0.25) is 19.4 Å². The van der Waals surface area contributed by atoms with Gasteiger partial charge in [-0.05, 0) is 32.7 Å². The third-order valence-electron chi connectivity index (χ3n) is 2.77. The molecule has 0 fully saturated rings. The minimum absolute atomic E-state index is 0.243. The molecule has 0 aromatic rings. The van der Waals surface area contributed by atoms with E-state index in [0.29, 0.717) is 18.1 Å². The minimum Gasteiger partial charge on any atom is -0.417 e. The van der Waals surface area contributed by atoms with Crippen molar-refractivity contribution in [2.24, 2.45) is 0 Å². The number of nitrogens with zero attached hydrogens (tertiary/aromatic N) is 1. The van der Waals surface area contributed by atoms with Crippen molar-refractivity contribution in [3.05, 3.63) is 12.3 Å². The first-order chi connectivity index (χ1) is 5.84. The molecular weight excluding hydrogens is 224 g/mol. The van der Waals surface area contributed by atoms with Gasteiger partial charge in [0.15, 0.2) is 0 Å². The van der Waals surface area contributed by atoms with E-state index >= 15 is 0 Å². The molecule has 0 spiro atoms. The Balaban J connectivity index is 2.72. The van der Waals surface area contributed by atoms with Crippen molar-refractivity contribution in [3.8, 4) is 0 Å². The first-order valence-electron chi connectivity index (χ1n) is 4.95. The number of allylic oxidation sites excluding steroid dienone is 1. The molecule has 1 aliphatic heterocycles. The van der Waals surface area contributed by atoms with Gasteiger partial charge in [0, 0.05) is 5.54 Å². The summed E-state index contributed by atoms with van der Waals surface area (Å²) in [7, 11) is 0. The monoisotopic (exact) mass is 241 g/mol. The van der Waals surface area contributed by atoms with Gasteiger partial charge in [-0.15, -0.1) is 0 Å². The van der Waals surface area contributed by atoms with Crippen molar-refractivity contribution in [2.75, 3.05) is 0 Å². The normalized spacial score (nSPS) is 22.8. The first-order valence-corrected chi connectivity index (χ1v) is 5.86. The molecule has 0 bridgehead atoms. The molecule has 72 valence electrons. The predicted molar refractivity (Wildman–Crippen MR) is 66.6 cm³/mol. The lowest BCUT2D eigenvalue weighted by atomic mass is 9.39. The van der Waals surface area contributed by atoms with Gasteiger partial charge in [-0.25, -0.2) is 0 Å². The Morgan fingerprint density at radius 1 is 1.46 bits per heavy atom. The fourth-order valence-corrected chi connectivity index (χ4v) is 2.66. The topological polar surface area (TPSA) is 3.24 Å². The Hall–Kier alpha value is 0.150. The largest absolute Gasteiger partial charge is 0.417 e. The van der Waals surface area contributed by atoms with Gasteiger partial charge in [0.25, 0.3) is 6.85 Å². The summed E-state index contributed by atoms with van der Waals surface area (Å²) < 4.78 is 0. The highest BCUT2D eigenvalue weighted by molar-refractivity contribution is 9.24. The minimum atomic E-state index is 0.243. The Morgan fingerprint density at radius 3 is 2.23 bits per heavy atom. The second-order valence-electron chi connectivity index (χ2n) is 4.92. The standard InChI is InChI=1S/C9H18B2BrN/c1-9(2,3)13-7-6-8(10(4)12)11(13)5/h6-8H,1-5H3/t8-/m1/s1. The molecule has 1 atom stereocenters. The predicted octanol–water partition coefficient (Wildman–Crippen LogP) is 3.16. The smallest absolute Gasteiger partial charge is 0.251 e. The van der Waals surface area contributed by atoms with Gasteiger partial charge in [0.05, 0.1) is 0 Å². The van der Waals surface area contributed by atoms with E-state index in [-0.39, 0.29) is 5.54 Å². The zero-order valence-electron chi connectivity index (χ0n) is 9.21. The molecule has 0 radical (unpaired) electrons. The van der Waals surface area contributed by atoms with Gasteiger partial charge >= 0.3 is 0 Å². The summed E-state index contributed by atoms with van der Waals surface area (Å²) in [6.45, 7) is 11.9. The van der Waals surface area contributed by atoms with Gasteiger partial charge in [0.1, 0.15) is 0 Å². The second-order valence-corrected chi connectivity index (χ2v) is 6.36. The van der Waals surface area contributed by atoms with Crippen LogP contribution in [0.25, 0.3) is 0 Å². The molecule has 4 heteroatoms. The van der Waals surface area contributed by atoms with E-state index in [1.807, 2.05) is 0 Å². The molecule has 0 saturated carbocycles. The summed E-state index contributed by atoms with van der Waals surface area (Å²) in [5.41, 5.74) is 1.44. The zero-order chi connectivity index (χ0) is 10.2. The van der Waals surface area contributed by atoms with Crippen LogP contribution in [0.4, 0.5) is 0 Å². The Labute approximate surface area is 91.1 Å². The van der Waals surface area contributed by atoms with Crippen LogP contribution in [0.1, 0.15) is 20.8 Å². The lowest BCUT2D eigenvalue weighted by Crippen LogP contribution is -2.46. The lowest BCUT2D eigenvalue weighted by Gasteiger charge is -2.37. The van der Waals surface area contributed by atoms with Crippen LogP contribution in [-0.4, -0.2) is 22.7 Å². The molecule has 0 N–H and O–H groups in total. The lowest BCUT2D eigenvalue weighted by molar-refractivity contribution is 0.327. The Kier molecular flexibility index (Phi) is 3.21. The van der Waals surface area contributed by atoms with Crippen LogP contribution in [-0.2, 0) is 0 Å². The number of hydrogen-bond donors (Lipinski definition) is 0. The van der Waals surface area contributed by atoms with Gasteiger partial charge in [-0.2, -0.15) is 15.8 Å². The van der Waals surface area contributed by atoms with Crippen LogP contribution in [0.3, 0.4) is 0 Å². The van der Waals surface area contributed by atoms with Crippen LogP contribution in [0, 0.1) is 0 Å². The summed E-state index contributed by atoms with van der Waals surface area (Å²) in [6.07, 6.45) is 4.56. The van der Waals surface area contributed by atoms with E-state index in [1.165, 1.54) is 0 Å². The second kappa shape index (κ2) is 3.72. The maximum atomic E-state index is 3.66. The summed E-state index contributed by atoms with van der Waals surface area (Å²) in [6, 6.07) is 0. The summed E-state index contributed by atoms with van der Waals surface area (Å²) in [4.78, 5) is 2.44. The van der Waals surface area contributed by atoms with Gasteiger partial charge in [0.2, 0.25) is 5.54 Å². The van der Waals surface area contributed by atoms with E-state index in [2.05, 4.69) is 67.3 Å². The molecule has 0 saturated heterocycles. The molecule has 0 amide bonds. The fourth-order valence-electron chi connectivity index (χ4n) is 2.05. The van der Waals surface area contributed by atoms with Crippen LogP contribution < -0.4 is 0 Å². The third-order valence-corrected chi connectivity index (χ3v) is 3.38. The summed E-state index contributed by atoms with van der Waals surface area (Å²) >= 11 is 3.66. The molecular formula is C9H18B2BrN. The maximum absolute atomic E-state index is 3.66. The summed E-state index contributed by atoms with van der Waals surface area (Å²) in [5.74, 6) is 0. The molecule has 1 aliphatic rings. The molecule has 0 aromatic heterocycles. The Morgan fingerprint density at radius 2 is 2.00 bits per heavy atom. The van der Waals surface area contributed by atoms with Crippen molar-refractivity contribution in [1.82, 2.24) is 4.81 Å².